The normalized spacial score (nSPS) is 19.0. The lowest BCUT2D eigenvalue weighted by Crippen LogP contribution is -2.39. The Morgan fingerprint density at radius 2 is 1.85 bits per heavy atom. The number of fused-ring (bicyclic) bond motifs is 1. The van der Waals surface area contributed by atoms with Gasteiger partial charge in [0.2, 0.25) is 5.88 Å². The molecule has 5 nitrogen and oxygen atoms in total. The van der Waals surface area contributed by atoms with Crippen molar-refractivity contribution in [2.45, 2.75) is 52.2 Å². The maximum Gasteiger partial charge on any atom is 0.216 e. The highest BCUT2D eigenvalue weighted by Crippen LogP contribution is 2.29. The summed E-state index contributed by atoms with van der Waals surface area (Å²) < 4.78 is 11.8. The van der Waals surface area contributed by atoms with E-state index in [4.69, 9.17) is 14.5 Å². The van der Waals surface area contributed by atoms with E-state index >= 15 is 0 Å². The molecule has 0 amide bonds. The predicted molar refractivity (Wildman–Crippen MR) is 101 cm³/mol. The average Bonchev–Trinajstić information content (AvgIpc) is 3.08. The van der Waals surface area contributed by atoms with Gasteiger partial charge in [-0.1, -0.05) is 6.07 Å². The number of aromatic nitrogens is 2. The molecule has 0 aromatic carbocycles. The molecule has 2 aromatic rings. The maximum atomic E-state index is 6.21. The lowest BCUT2D eigenvalue weighted by Gasteiger charge is -2.35. The molecule has 2 aromatic heterocycles. The van der Waals surface area contributed by atoms with Crippen LogP contribution in [-0.4, -0.2) is 40.7 Å². The van der Waals surface area contributed by atoms with E-state index in [0.29, 0.717) is 6.04 Å². The molecule has 2 aliphatic heterocycles. The van der Waals surface area contributed by atoms with Crippen molar-refractivity contribution < 1.29 is 9.47 Å². The molecule has 5 heteroatoms. The van der Waals surface area contributed by atoms with Gasteiger partial charge in [0.1, 0.15) is 11.9 Å². The Morgan fingerprint density at radius 3 is 2.58 bits per heavy atom. The molecule has 0 saturated carbocycles. The van der Waals surface area contributed by atoms with E-state index < -0.39 is 0 Å². The Bertz CT molecular complexity index is 765. The summed E-state index contributed by atoms with van der Waals surface area (Å²) in [4.78, 5) is 11.6. The molecule has 138 valence electrons. The molecule has 0 aliphatic carbocycles. The van der Waals surface area contributed by atoms with Crippen molar-refractivity contribution in [1.29, 1.82) is 0 Å². The fourth-order valence-electron chi connectivity index (χ4n) is 3.91. The van der Waals surface area contributed by atoms with Crippen molar-refractivity contribution in [3.63, 3.8) is 0 Å². The highest BCUT2D eigenvalue weighted by atomic mass is 16.5. The van der Waals surface area contributed by atoms with Crippen molar-refractivity contribution in [1.82, 2.24) is 14.9 Å². The minimum absolute atomic E-state index is 0.274. The monoisotopic (exact) mass is 353 g/mol. The number of aryl methyl sites for hydroxylation is 2. The molecule has 1 atom stereocenters. The first-order chi connectivity index (χ1) is 12.6. The van der Waals surface area contributed by atoms with E-state index in [9.17, 15) is 0 Å². The molecule has 2 aliphatic rings. The highest BCUT2D eigenvalue weighted by molar-refractivity contribution is 5.32. The van der Waals surface area contributed by atoms with Gasteiger partial charge in [0.05, 0.1) is 12.3 Å². The Hall–Kier alpha value is -2.14. The zero-order valence-electron chi connectivity index (χ0n) is 15.9. The van der Waals surface area contributed by atoms with E-state index in [1.807, 2.05) is 26.0 Å². The minimum Gasteiger partial charge on any atom is -0.490 e. The topological polar surface area (TPSA) is 47.5 Å². The molecule has 1 saturated heterocycles. The van der Waals surface area contributed by atoms with Gasteiger partial charge in [-0.15, -0.1) is 0 Å². The molecule has 1 fully saturated rings. The number of ether oxygens (including phenoxy) is 2. The van der Waals surface area contributed by atoms with Gasteiger partial charge in [0.15, 0.2) is 0 Å². The van der Waals surface area contributed by atoms with E-state index in [1.165, 1.54) is 5.56 Å². The Morgan fingerprint density at radius 1 is 1.12 bits per heavy atom. The SMILES string of the molecule is Cc1cc(OC2CCN(C(C)c3ccc4c(n3)OCC4)CC2)cc(C)n1. The second kappa shape index (κ2) is 7.23. The molecule has 0 radical (unpaired) electrons. The second-order valence-electron chi connectivity index (χ2n) is 7.41. The molecular formula is C21H27N3O2. The van der Waals surface area contributed by atoms with Crippen LogP contribution in [0.4, 0.5) is 0 Å². The van der Waals surface area contributed by atoms with E-state index in [-0.39, 0.29) is 6.10 Å². The van der Waals surface area contributed by atoms with Crippen LogP contribution in [0.2, 0.25) is 0 Å². The van der Waals surface area contributed by atoms with Crippen LogP contribution in [0.1, 0.15) is 48.5 Å². The Balaban J connectivity index is 1.35. The number of hydrogen-bond acceptors (Lipinski definition) is 5. The minimum atomic E-state index is 0.274. The molecule has 4 rings (SSSR count). The molecule has 4 heterocycles. The summed E-state index contributed by atoms with van der Waals surface area (Å²) in [6, 6.07) is 8.68. The van der Waals surface area contributed by atoms with E-state index in [2.05, 4.69) is 28.9 Å². The zero-order valence-corrected chi connectivity index (χ0v) is 15.9. The van der Waals surface area contributed by atoms with Crippen LogP contribution in [0.25, 0.3) is 0 Å². The fraction of sp³-hybridized carbons (Fsp3) is 0.524. The van der Waals surface area contributed by atoms with Crippen molar-refractivity contribution >= 4 is 0 Å². The summed E-state index contributed by atoms with van der Waals surface area (Å²) in [5.41, 5.74) is 4.35. The molecule has 26 heavy (non-hydrogen) atoms. The number of hydrogen-bond donors (Lipinski definition) is 0. The van der Waals surface area contributed by atoms with Crippen LogP contribution < -0.4 is 9.47 Å². The largest absolute Gasteiger partial charge is 0.490 e. The highest BCUT2D eigenvalue weighted by Gasteiger charge is 2.26. The quantitative estimate of drug-likeness (QED) is 0.840. The van der Waals surface area contributed by atoms with Gasteiger partial charge in [-0.2, -0.15) is 0 Å². The van der Waals surface area contributed by atoms with Crippen LogP contribution >= 0.6 is 0 Å². The molecule has 1 unspecified atom stereocenters. The third-order valence-corrected chi connectivity index (χ3v) is 5.38. The molecule has 0 N–H and O–H groups in total. The van der Waals surface area contributed by atoms with Gasteiger partial charge < -0.3 is 9.47 Å². The number of likely N-dealkylation sites (tertiary alicyclic amines) is 1. The standard InChI is InChI=1S/C21H27N3O2/c1-14-12-19(13-15(2)22-14)26-18-6-9-24(10-7-18)16(3)20-5-4-17-8-11-25-21(17)23-20/h4-5,12-13,16,18H,6-11H2,1-3H3. The molecule has 0 spiro atoms. The first-order valence-corrected chi connectivity index (χ1v) is 9.57. The number of rotatable bonds is 4. The van der Waals surface area contributed by atoms with Gasteiger partial charge in [-0.05, 0) is 39.7 Å². The second-order valence-corrected chi connectivity index (χ2v) is 7.41. The van der Waals surface area contributed by atoms with Crippen LogP contribution in [0.15, 0.2) is 24.3 Å². The van der Waals surface area contributed by atoms with E-state index in [1.54, 1.807) is 0 Å². The maximum absolute atomic E-state index is 6.21. The van der Waals surface area contributed by atoms with Crippen molar-refractivity contribution in [3.8, 4) is 11.6 Å². The Kier molecular flexibility index (Phi) is 4.81. The van der Waals surface area contributed by atoms with Gasteiger partial charge in [-0.3, -0.25) is 9.88 Å². The van der Waals surface area contributed by atoms with Gasteiger partial charge in [-0.25, -0.2) is 4.98 Å². The Labute approximate surface area is 155 Å². The third-order valence-electron chi connectivity index (χ3n) is 5.38. The van der Waals surface area contributed by atoms with Crippen molar-refractivity contribution in [3.05, 3.63) is 46.9 Å². The predicted octanol–water partition coefficient (Wildman–Crippen LogP) is 3.63. The first-order valence-electron chi connectivity index (χ1n) is 9.57. The summed E-state index contributed by atoms with van der Waals surface area (Å²) in [5, 5.41) is 0. The van der Waals surface area contributed by atoms with Gasteiger partial charge in [0, 0.05) is 54.6 Å². The van der Waals surface area contributed by atoms with Crippen LogP contribution in [0.3, 0.4) is 0 Å². The fourth-order valence-corrected chi connectivity index (χ4v) is 3.91. The number of pyridine rings is 2. The summed E-state index contributed by atoms with van der Waals surface area (Å²) >= 11 is 0. The molecule has 0 bridgehead atoms. The van der Waals surface area contributed by atoms with Gasteiger partial charge in [0.25, 0.3) is 0 Å². The summed E-state index contributed by atoms with van der Waals surface area (Å²) in [6.07, 6.45) is 3.32. The van der Waals surface area contributed by atoms with Crippen molar-refractivity contribution in [2.24, 2.45) is 0 Å². The summed E-state index contributed by atoms with van der Waals surface area (Å²) in [5.74, 6) is 1.77. The van der Waals surface area contributed by atoms with Crippen LogP contribution in [0, 0.1) is 13.8 Å². The first kappa shape index (κ1) is 17.3. The van der Waals surface area contributed by atoms with E-state index in [0.717, 1.165) is 67.7 Å². The van der Waals surface area contributed by atoms with Crippen LogP contribution in [0.5, 0.6) is 11.6 Å². The lowest BCUT2D eigenvalue weighted by atomic mass is 10.0. The molecular weight excluding hydrogens is 326 g/mol. The van der Waals surface area contributed by atoms with Crippen LogP contribution in [-0.2, 0) is 6.42 Å². The zero-order chi connectivity index (χ0) is 18.1. The lowest BCUT2D eigenvalue weighted by molar-refractivity contribution is 0.0784. The average molecular weight is 353 g/mol. The van der Waals surface area contributed by atoms with Gasteiger partial charge >= 0.3 is 0 Å². The third kappa shape index (κ3) is 3.68. The summed E-state index contributed by atoms with van der Waals surface area (Å²) in [6.45, 7) is 9.06. The number of nitrogens with zero attached hydrogens (tertiary/aromatic N) is 3. The summed E-state index contributed by atoms with van der Waals surface area (Å²) in [7, 11) is 0. The smallest absolute Gasteiger partial charge is 0.216 e. The number of piperidine rings is 1. The van der Waals surface area contributed by atoms with Crippen molar-refractivity contribution in [2.75, 3.05) is 19.7 Å².